The van der Waals surface area contributed by atoms with Gasteiger partial charge in [-0.05, 0) is 105 Å². The maximum atomic E-state index is 10.6. The minimum absolute atomic E-state index is 0.125. The van der Waals surface area contributed by atoms with E-state index in [2.05, 4.69) is 41.8 Å². The van der Waals surface area contributed by atoms with E-state index in [0.717, 1.165) is 63.8 Å². The van der Waals surface area contributed by atoms with Crippen molar-refractivity contribution in [1.29, 1.82) is 0 Å². The van der Waals surface area contributed by atoms with Crippen LogP contribution in [0.1, 0.15) is 44.6 Å². The van der Waals surface area contributed by atoms with Gasteiger partial charge in [-0.25, -0.2) is 0 Å². The molecule has 3 aromatic carbocycles. The number of benzene rings is 3. The molecule has 40 heavy (non-hydrogen) atoms. The second-order valence-electron chi connectivity index (χ2n) is 11.9. The number of nitrogens with zero attached hydrogens (tertiary/aromatic N) is 4. The highest BCUT2D eigenvalue weighted by Gasteiger charge is 2.45. The summed E-state index contributed by atoms with van der Waals surface area (Å²) >= 11 is 0. The highest BCUT2D eigenvalue weighted by molar-refractivity contribution is 6.02. The maximum absolute atomic E-state index is 10.6. The summed E-state index contributed by atoms with van der Waals surface area (Å²) in [5, 5.41) is 13.7. The molecule has 0 bridgehead atoms. The lowest BCUT2D eigenvalue weighted by Crippen LogP contribution is -2.43. The first kappa shape index (κ1) is 25.5. The van der Waals surface area contributed by atoms with Crippen molar-refractivity contribution in [3.63, 3.8) is 0 Å². The van der Waals surface area contributed by atoms with Gasteiger partial charge in [0.15, 0.2) is 0 Å². The molecule has 3 fully saturated rings. The van der Waals surface area contributed by atoms with Crippen LogP contribution in [0.25, 0.3) is 32.8 Å². The van der Waals surface area contributed by atoms with Gasteiger partial charge >= 0.3 is 6.01 Å². The molecule has 0 saturated carbocycles. The summed E-state index contributed by atoms with van der Waals surface area (Å²) in [6.07, 6.45) is 5.79. The molecule has 7 nitrogen and oxygen atoms in total. The van der Waals surface area contributed by atoms with Crippen molar-refractivity contribution >= 4 is 27.5 Å². The highest BCUT2D eigenvalue weighted by atomic mass is 16.5. The lowest BCUT2D eigenvalue weighted by atomic mass is 9.93. The van der Waals surface area contributed by atoms with Crippen LogP contribution in [0, 0.1) is 6.92 Å². The van der Waals surface area contributed by atoms with Crippen molar-refractivity contribution in [3.05, 3.63) is 54.1 Å². The Kier molecular flexibility index (Phi) is 6.51. The van der Waals surface area contributed by atoms with Crippen LogP contribution in [0.15, 0.2) is 48.5 Å². The molecule has 0 aliphatic carbocycles. The highest BCUT2D eigenvalue weighted by Crippen LogP contribution is 2.41. The van der Waals surface area contributed by atoms with Crippen LogP contribution in [-0.4, -0.2) is 71.0 Å². The number of aromatic nitrogens is 2. The van der Waals surface area contributed by atoms with Crippen LogP contribution in [0.5, 0.6) is 11.8 Å². The number of phenols is 1. The number of hydrogen-bond donors (Lipinski definition) is 1. The monoisotopic (exact) mass is 538 g/mol. The summed E-state index contributed by atoms with van der Waals surface area (Å²) in [5.41, 5.74) is 4.13. The Morgan fingerprint density at radius 2 is 1.80 bits per heavy atom. The summed E-state index contributed by atoms with van der Waals surface area (Å²) in [4.78, 5) is 15.1. The third kappa shape index (κ3) is 4.36. The summed E-state index contributed by atoms with van der Waals surface area (Å²) in [6, 6.07) is 16.8. The molecule has 3 saturated heterocycles. The lowest BCUT2D eigenvalue weighted by molar-refractivity contribution is 0.108. The van der Waals surface area contributed by atoms with Crippen molar-refractivity contribution in [2.45, 2.75) is 57.5 Å². The van der Waals surface area contributed by atoms with Gasteiger partial charge in [-0.15, -0.1) is 0 Å². The van der Waals surface area contributed by atoms with Gasteiger partial charge in [0.25, 0.3) is 0 Å². The Bertz CT molecular complexity index is 1560. The predicted octanol–water partition coefficient (Wildman–Crippen LogP) is 6.09. The van der Waals surface area contributed by atoms with Crippen LogP contribution in [-0.2, 0) is 4.74 Å². The molecular weight excluding hydrogens is 500 g/mol. The minimum atomic E-state index is 0.125. The topological polar surface area (TPSA) is 71.0 Å². The van der Waals surface area contributed by atoms with Crippen molar-refractivity contribution in [3.8, 4) is 22.9 Å². The summed E-state index contributed by atoms with van der Waals surface area (Å²) in [6.45, 7) is 9.60. The number of anilines is 1. The minimum Gasteiger partial charge on any atom is -0.508 e. The van der Waals surface area contributed by atoms with Crippen molar-refractivity contribution in [2.75, 3.05) is 44.4 Å². The molecule has 0 amide bonds. The molecule has 1 atom stereocenters. The SMILES string of the molecule is Cc1c(-c2cc(O)cc3ccccc23)ccc2c(N3CCCOCC3C)nc(OCC34CCCN3CCC4)nc12. The fourth-order valence-electron chi connectivity index (χ4n) is 7.26. The van der Waals surface area contributed by atoms with Crippen LogP contribution in [0.2, 0.25) is 0 Å². The first-order valence-electron chi connectivity index (χ1n) is 14.8. The van der Waals surface area contributed by atoms with Gasteiger partial charge in [0.1, 0.15) is 18.2 Å². The van der Waals surface area contributed by atoms with E-state index >= 15 is 0 Å². The molecule has 4 aromatic rings. The number of phenolic OH excluding ortho intramolecular Hbond substituents is 1. The number of aromatic hydroxyl groups is 1. The number of hydrogen-bond acceptors (Lipinski definition) is 7. The van der Waals surface area contributed by atoms with Gasteiger partial charge in [-0.3, -0.25) is 4.90 Å². The summed E-state index contributed by atoms with van der Waals surface area (Å²) in [5.74, 6) is 1.18. The molecule has 1 N–H and O–H groups in total. The molecule has 0 radical (unpaired) electrons. The van der Waals surface area contributed by atoms with E-state index in [1.807, 2.05) is 30.3 Å². The normalized spacial score (nSPS) is 21.1. The largest absolute Gasteiger partial charge is 0.508 e. The van der Waals surface area contributed by atoms with Gasteiger partial charge in [-0.2, -0.15) is 9.97 Å². The van der Waals surface area contributed by atoms with Crippen molar-refractivity contribution in [2.24, 2.45) is 0 Å². The maximum Gasteiger partial charge on any atom is 0.319 e. The van der Waals surface area contributed by atoms with Crippen LogP contribution in [0.4, 0.5) is 5.82 Å². The molecule has 4 heterocycles. The zero-order chi connectivity index (χ0) is 27.3. The Morgan fingerprint density at radius 1 is 0.975 bits per heavy atom. The van der Waals surface area contributed by atoms with Crippen LogP contribution < -0.4 is 9.64 Å². The molecule has 208 valence electrons. The molecular formula is C33H38N4O3. The van der Waals surface area contributed by atoms with E-state index in [0.29, 0.717) is 19.2 Å². The van der Waals surface area contributed by atoms with Gasteiger partial charge in [0, 0.05) is 18.5 Å². The van der Waals surface area contributed by atoms with Gasteiger partial charge in [0.05, 0.1) is 23.7 Å². The Labute approximate surface area is 235 Å². The number of rotatable bonds is 5. The standard InChI is InChI=1S/C33H38N4O3/c1-22-20-39-17-7-16-37(22)31-28-11-10-26(29-19-25(38)18-24-8-3-4-9-27(24)29)23(2)30(28)34-32(35-31)40-21-33-12-5-14-36(33)15-6-13-33/h3-4,8-11,18-19,22,38H,5-7,12-17,20-21H2,1-2H3. The Morgan fingerprint density at radius 3 is 2.65 bits per heavy atom. The Hall–Kier alpha value is -3.42. The number of fused-ring (bicyclic) bond motifs is 3. The summed E-state index contributed by atoms with van der Waals surface area (Å²) < 4.78 is 12.4. The third-order valence-electron chi connectivity index (χ3n) is 9.35. The molecule has 7 heteroatoms. The van der Waals surface area contributed by atoms with E-state index in [1.165, 1.54) is 38.8 Å². The van der Waals surface area contributed by atoms with Gasteiger partial charge in [-0.1, -0.05) is 30.3 Å². The zero-order valence-corrected chi connectivity index (χ0v) is 23.5. The summed E-state index contributed by atoms with van der Waals surface area (Å²) in [7, 11) is 0. The predicted molar refractivity (Wildman–Crippen MR) is 159 cm³/mol. The van der Waals surface area contributed by atoms with E-state index in [1.54, 1.807) is 0 Å². The fraction of sp³-hybridized carbons (Fsp3) is 0.455. The van der Waals surface area contributed by atoms with Gasteiger partial charge < -0.3 is 19.5 Å². The quantitative estimate of drug-likeness (QED) is 0.330. The van der Waals surface area contributed by atoms with E-state index in [-0.39, 0.29) is 17.3 Å². The number of ether oxygens (including phenoxy) is 2. The average Bonchev–Trinajstić information content (AvgIpc) is 3.47. The molecule has 7 rings (SSSR count). The van der Waals surface area contributed by atoms with Crippen molar-refractivity contribution < 1.29 is 14.6 Å². The van der Waals surface area contributed by atoms with E-state index in [9.17, 15) is 5.11 Å². The van der Waals surface area contributed by atoms with Crippen LogP contribution >= 0.6 is 0 Å². The average molecular weight is 539 g/mol. The first-order valence-corrected chi connectivity index (χ1v) is 14.8. The Balaban J connectivity index is 1.37. The molecule has 1 unspecified atom stereocenters. The van der Waals surface area contributed by atoms with Gasteiger partial charge in [0.2, 0.25) is 0 Å². The third-order valence-corrected chi connectivity index (χ3v) is 9.35. The fourth-order valence-corrected chi connectivity index (χ4v) is 7.26. The smallest absolute Gasteiger partial charge is 0.319 e. The van der Waals surface area contributed by atoms with E-state index in [4.69, 9.17) is 19.4 Å². The number of aryl methyl sites for hydroxylation is 1. The molecule has 0 spiro atoms. The van der Waals surface area contributed by atoms with Crippen molar-refractivity contribution in [1.82, 2.24) is 14.9 Å². The van der Waals surface area contributed by atoms with Crippen LogP contribution in [0.3, 0.4) is 0 Å². The second-order valence-corrected chi connectivity index (χ2v) is 11.9. The molecule has 1 aromatic heterocycles. The zero-order valence-electron chi connectivity index (χ0n) is 23.5. The first-order chi connectivity index (χ1) is 19.5. The molecule has 3 aliphatic heterocycles. The van der Waals surface area contributed by atoms with E-state index < -0.39 is 0 Å². The lowest BCUT2D eigenvalue weighted by Gasteiger charge is -2.32. The molecule has 3 aliphatic rings. The second kappa shape index (κ2) is 10.2.